The summed E-state index contributed by atoms with van der Waals surface area (Å²) in [5.41, 5.74) is 2.95. The van der Waals surface area contributed by atoms with Crippen LogP contribution in [0.3, 0.4) is 0 Å². The zero-order valence-electron chi connectivity index (χ0n) is 21.4. The Morgan fingerprint density at radius 2 is 1.71 bits per heavy atom. The molecule has 0 fully saturated rings. The molecule has 1 aliphatic heterocycles. The molecule has 1 aromatic carbocycles. The summed E-state index contributed by atoms with van der Waals surface area (Å²) in [7, 11) is 1.83. The third-order valence-corrected chi connectivity index (χ3v) is 6.45. The predicted octanol–water partition coefficient (Wildman–Crippen LogP) is 6.10. The highest BCUT2D eigenvalue weighted by molar-refractivity contribution is 7.80. The molecule has 0 bridgehead atoms. The molecule has 34 heavy (non-hydrogen) atoms. The van der Waals surface area contributed by atoms with Crippen molar-refractivity contribution in [1.82, 2.24) is 10.2 Å². The number of benzene rings is 1. The molecule has 0 aliphatic carbocycles. The van der Waals surface area contributed by atoms with Gasteiger partial charge in [0.05, 0.1) is 18.2 Å². The maximum Gasteiger partial charge on any atom is 0.338 e. The highest BCUT2D eigenvalue weighted by Gasteiger charge is 2.33. The van der Waals surface area contributed by atoms with Gasteiger partial charge in [0.1, 0.15) is 0 Å². The fourth-order valence-corrected chi connectivity index (χ4v) is 4.15. The summed E-state index contributed by atoms with van der Waals surface area (Å²) >= 11 is 5.46. The van der Waals surface area contributed by atoms with Gasteiger partial charge < -0.3 is 20.3 Å². The molecule has 0 saturated carbocycles. The molecule has 1 atom stereocenters. The summed E-state index contributed by atoms with van der Waals surface area (Å²) in [6, 6.07) is 7.16. The molecule has 0 aromatic heterocycles. The Kier molecular flexibility index (Phi) is 11.5. The first-order valence-electron chi connectivity index (χ1n) is 12.6. The van der Waals surface area contributed by atoms with Gasteiger partial charge in [-0.05, 0) is 49.2 Å². The molecule has 1 amide bonds. The average molecular weight is 488 g/mol. The van der Waals surface area contributed by atoms with Crippen molar-refractivity contribution in [3.05, 3.63) is 41.1 Å². The number of anilines is 1. The highest BCUT2D eigenvalue weighted by atomic mass is 32.1. The number of allylic oxidation sites excluding steroid dienone is 1. The number of hydrogen-bond acceptors (Lipinski definition) is 4. The lowest BCUT2D eigenvalue weighted by Crippen LogP contribution is -2.46. The van der Waals surface area contributed by atoms with Gasteiger partial charge >= 0.3 is 5.97 Å². The topological polar surface area (TPSA) is 70.7 Å². The molecule has 188 valence electrons. The van der Waals surface area contributed by atoms with Crippen molar-refractivity contribution < 1.29 is 14.3 Å². The van der Waals surface area contributed by atoms with E-state index in [0.717, 1.165) is 29.8 Å². The molecule has 1 unspecified atom stereocenters. The number of nitrogens with one attached hydrogen (secondary N) is 2. The van der Waals surface area contributed by atoms with Gasteiger partial charge in [-0.15, -0.1) is 0 Å². The standard InChI is InChI=1S/C27H41N3O3S/c1-6-7-8-9-10-11-12-13-23(31)28-22-16-14-21(15-17-22)25-24(26(32)33-18-19(2)3)20(4)30(5)27(34)29-25/h14-17,19,25H,6-13,18H2,1-5H3,(H,28,31)(H,29,34). The summed E-state index contributed by atoms with van der Waals surface area (Å²) in [6.45, 7) is 8.47. The van der Waals surface area contributed by atoms with Gasteiger partial charge in [0.2, 0.25) is 5.91 Å². The molecule has 2 N–H and O–H groups in total. The van der Waals surface area contributed by atoms with E-state index in [1.54, 1.807) is 4.90 Å². The van der Waals surface area contributed by atoms with Gasteiger partial charge in [-0.2, -0.15) is 0 Å². The molecular formula is C27H41N3O3S. The van der Waals surface area contributed by atoms with Crippen molar-refractivity contribution in [2.45, 2.75) is 85.1 Å². The van der Waals surface area contributed by atoms with Gasteiger partial charge in [0.15, 0.2) is 5.11 Å². The zero-order chi connectivity index (χ0) is 25.1. The maximum absolute atomic E-state index is 12.9. The Labute approximate surface area is 210 Å². The van der Waals surface area contributed by atoms with Crippen molar-refractivity contribution in [3.8, 4) is 0 Å². The van der Waals surface area contributed by atoms with Gasteiger partial charge in [-0.3, -0.25) is 4.79 Å². The Balaban J connectivity index is 1.99. The van der Waals surface area contributed by atoms with Crippen LogP contribution in [0.5, 0.6) is 0 Å². The molecule has 0 saturated heterocycles. The first-order chi connectivity index (χ1) is 16.2. The second kappa shape index (κ2) is 14.1. The van der Waals surface area contributed by atoms with Crippen molar-refractivity contribution in [3.63, 3.8) is 0 Å². The van der Waals surface area contributed by atoms with E-state index in [-0.39, 0.29) is 17.8 Å². The Morgan fingerprint density at radius 1 is 1.09 bits per heavy atom. The zero-order valence-corrected chi connectivity index (χ0v) is 22.2. The summed E-state index contributed by atoms with van der Waals surface area (Å²) in [5.74, 6) is -0.0543. The number of unbranched alkanes of at least 4 members (excludes halogenated alkanes) is 6. The van der Waals surface area contributed by atoms with E-state index in [2.05, 4.69) is 17.6 Å². The fraction of sp³-hybridized carbons (Fsp3) is 0.593. The van der Waals surface area contributed by atoms with E-state index in [1.165, 1.54) is 32.1 Å². The maximum atomic E-state index is 12.9. The van der Waals surface area contributed by atoms with Crippen molar-refractivity contribution in [2.75, 3.05) is 19.0 Å². The number of hydrogen-bond donors (Lipinski definition) is 2. The number of carbonyl (C=O) groups is 2. The summed E-state index contributed by atoms with van der Waals surface area (Å²) < 4.78 is 5.54. The molecule has 1 aliphatic rings. The number of carbonyl (C=O) groups excluding carboxylic acids is 2. The molecule has 1 heterocycles. The summed E-state index contributed by atoms with van der Waals surface area (Å²) in [6.07, 6.45) is 8.84. The van der Waals surface area contributed by atoms with Gasteiger partial charge in [-0.1, -0.05) is 71.4 Å². The number of amides is 1. The van der Waals surface area contributed by atoms with Crippen LogP contribution in [0.2, 0.25) is 0 Å². The van der Waals surface area contributed by atoms with E-state index in [4.69, 9.17) is 17.0 Å². The minimum atomic E-state index is -0.402. The second-order valence-electron chi connectivity index (χ2n) is 9.47. The third-order valence-electron chi connectivity index (χ3n) is 6.06. The largest absolute Gasteiger partial charge is 0.462 e. The van der Waals surface area contributed by atoms with Crippen LogP contribution in [0.4, 0.5) is 5.69 Å². The second-order valence-corrected chi connectivity index (χ2v) is 9.86. The smallest absolute Gasteiger partial charge is 0.338 e. The van der Waals surface area contributed by atoms with Crippen LogP contribution in [-0.4, -0.2) is 35.5 Å². The minimum Gasteiger partial charge on any atom is -0.462 e. The van der Waals surface area contributed by atoms with Gasteiger partial charge in [-0.25, -0.2) is 4.79 Å². The predicted molar refractivity (Wildman–Crippen MR) is 142 cm³/mol. The number of esters is 1. The summed E-state index contributed by atoms with van der Waals surface area (Å²) in [4.78, 5) is 27.0. The van der Waals surface area contributed by atoms with Crippen LogP contribution < -0.4 is 10.6 Å². The quantitative estimate of drug-likeness (QED) is 0.199. The van der Waals surface area contributed by atoms with Crippen LogP contribution in [0, 0.1) is 5.92 Å². The van der Waals surface area contributed by atoms with Crippen LogP contribution in [0.15, 0.2) is 35.5 Å². The van der Waals surface area contributed by atoms with Crippen LogP contribution >= 0.6 is 12.2 Å². The molecule has 7 heteroatoms. The van der Waals surface area contributed by atoms with Crippen LogP contribution in [0.25, 0.3) is 0 Å². The van der Waals surface area contributed by atoms with Crippen molar-refractivity contribution in [2.24, 2.45) is 5.92 Å². The number of nitrogens with zero attached hydrogens (tertiary/aromatic N) is 1. The molecule has 0 spiro atoms. The Hall–Kier alpha value is -2.41. The monoisotopic (exact) mass is 487 g/mol. The van der Waals surface area contributed by atoms with Gasteiger partial charge in [0, 0.05) is 24.9 Å². The summed E-state index contributed by atoms with van der Waals surface area (Å²) in [5, 5.41) is 6.78. The van der Waals surface area contributed by atoms with Crippen molar-refractivity contribution >= 4 is 34.9 Å². The molecular weight excluding hydrogens is 446 g/mol. The lowest BCUT2D eigenvalue weighted by molar-refractivity contribution is -0.140. The lowest BCUT2D eigenvalue weighted by Gasteiger charge is -2.35. The Bertz CT molecular complexity index is 864. The Morgan fingerprint density at radius 3 is 2.32 bits per heavy atom. The number of rotatable bonds is 13. The van der Waals surface area contributed by atoms with Crippen LogP contribution in [0.1, 0.15) is 90.7 Å². The SMILES string of the molecule is CCCCCCCCCC(=O)Nc1ccc(C2NC(=S)N(C)C(C)=C2C(=O)OCC(C)C)cc1. The van der Waals surface area contributed by atoms with E-state index in [1.807, 2.05) is 52.1 Å². The molecule has 0 radical (unpaired) electrons. The lowest BCUT2D eigenvalue weighted by atomic mass is 9.95. The van der Waals surface area contributed by atoms with E-state index in [0.29, 0.717) is 23.7 Å². The fourth-order valence-electron chi connectivity index (χ4n) is 3.90. The first-order valence-corrected chi connectivity index (χ1v) is 13.0. The molecule has 2 rings (SSSR count). The van der Waals surface area contributed by atoms with E-state index in [9.17, 15) is 9.59 Å². The van der Waals surface area contributed by atoms with Crippen LogP contribution in [-0.2, 0) is 14.3 Å². The molecule has 6 nitrogen and oxygen atoms in total. The van der Waals surface area contributed by atoms with E-state index >= 15 is 0 Å². The highest BCUT2D eigenvalue weighted by Crippen LogP contribution is 2.31. The minimum absolute atomic E-state index is 0.0357. The molecule has 1 aromatic rings. The number of ether oxygens (including phenoxy) is 1. The van der Waals surface area contributed by atoms with Gasteiger partial charge in [0.25, 0.3) is 0 Å². The van der Waals surface area contributed by atoms with E-state index < -0.39 is 6.04 Å². The average Bonchev–Trinajstić information content (AvgIpc) is 2.80. The first kappa shape index (κ1) is 27.8. The van der Waals surface area contributed by atoms with Crippen molar-refractivity contribution in [1.29, 1.82) is 0 Å². The normalized spacial score (nSPS) is 16.0. The number of thiocarbonyl (C=S) groups is 1. The third kappa shape index (κ3) is 8.42.